The van der Waals surface area contributed by atoms with Crippen LogP contribution < -0.4 is 0 Å². The molecule has 0 heterocycles. The van der Waals surface area contributed by atoms with Gasteiger partial charge in [-0.1, -0.05) is 64.7 Å². The lowest BCUT2D eigenvalue weighted by Crippen LogP contribution is -2.08. The molecular weight excluding hydrogens is 206 g/mol. The third-order valence-corrected chi connectivity index (χ3v) is 2.97. The molecule has 0 N–H and O–H groups in total. The number of alkyl halides is 2. The first-order valence-corrected chi connectivity index (χ1v) is 6.94. The van der Waals surface area contributed by atoms with Gasteiger partial charge in [-0.25, -0.2) is 8.78 Å². The molecule has 0 saturated carbocycles. The van der Waals surface area contributed by atoms with Gasteiger partial charge in [0.05, 0.1) is 0 Å². The molecule has 0 aliphatic heterocycles. The van der Waals surface area contributed by atoms with Crippen LogP contribution >= 0.6 is 0 Å². The van der Waals surface area contributed by atoms with Crippen LogP contribution in [0.1, 0.15) is 84.5 Å². The second kappa shape index (κ2) is 10.0. The van der Waals surface area contributed by atoms with E-state index in [4.69, 9.17) is 0 Å². The third kappa shape index (κ3) is 13.9. The summed E-state index contributed by atoms with van der Waals surface area (Å²) < 4.78 is 24.9. The molecule has 0 radical (unpaired) electrons. The zero-order valence-corrected chi connectivity index (χ0v) is 11.0. The maximum Gasteiger partial charge on any atom is 0.245 e. The van der Waals surface area contributed by atoms with E-state index in [9.17, 15) is 8.78 Å². The minimum absolute atomic E-state index is 0.0590. The van der Waals surface area contributed by atoms with Crippen LogP contribution in [0.15, 0.2) is 0 Å². The lowest BCUT2D eigenvalue weighted by atomic mass is 10.0. The van der Waals surface area contributed by atoms with Crippen molar-refractivity contribution in [2.24, 2.45) is 0 Å². The molecule has 0 saturated heterocycles. The number of halogens is 2. The average molecular weight is 234 g/mol. The number of unbranched alkanes of at least 4 members (excludes halogenated alkanes) is 9. The fraction of sp³-hybridized carbons (Fsp3) is 1.00. The van der Waals surface area contributed by atoms with E-state index in [2.05, 4.69) is 6.92 Å². The Hall–Kier alpha value is -0.140. The molecule has 0 aromatic carbocycles. The summed E-state index contributed by atoms with van der Waals surface area (Å²) in [7, 11) is 0. The molecule has 0 aliphatic rings. The van der Waals surface area contributed by atoms with Gasteiger partial charge in [-0.2, -0.15) is 0 Å². The van der Waals surface area contributed by atoms with E-state index < -0.39 is 5.92 Å². The first-order valence-electron chi connectivity index (χ1n) is 6.94. The third-order valence-electron chi connectivity index (χ3n) is 2.97. The Labute approximate surface area is 99.8 Å². The molecule has 98 valence electrons. The number of rotatable bonds is 11. The van der Waals surface area contributed by atoms with Gasteiger partial charge in [0.2, 0.25) is 5.92 Å². The van der Waals surface area contributed by atoms with Gasteiger partial charge in [0.15, 0.2) is 0 Å². The molecule has 0 amide bonds. The molecule has 0 bridgehead atoms. The van der Waals surface area contributed by atoms with Crippen LogP contribution in [0, 0.1) is 0 Å². The molecule has 0 aromatic rings. The summed E-state index contributed by atoms with van der Waals surface area (Å²) in [5.74, 6) is -2.46. The minimum Gasteiger partial charge on any atom is -0.207 e. The normalized spacial score (nSPS) is 12.0. The van der Waals surface area contributed by atoms with Crippen molar-refractivity contribution >= 4 is 0 Å². The van der Waals surface area contributed by atoms with Crippen LogP contribution in [0.3, 0.4) is 0 Å². The maximum atomic E-state index is 12.5. The highest BCUT2D eigenvalue weighted by Gasteiger charge is 2.19. The van der Waals surface area contributed by atoms with Crippen molar-refractivity contribution in [2.75, 3.05) is 0 Å². The Morgan fingerprint density at radius 3 is 1.44 bits per heavy atom. The van der Waals surface area contributed by atoms with Gasteiger partial charge in [-0.05, 0) is 13.3 Å². The second-order valence-corrected chi connectivity index (χ2v) is 5.00. The summed E-state index contributed by atoms with van der Waals surface area (Å²) in [5.41, 5.74) is 0. The lowest BCUT2D eigenvalue weighted by Gasteiger charge is -2.08. The topological polar surface area (TPSA) is 0 Å². The maximum absolute atomic E-state index is 12.5. The summed E-state index contributed by atoms with van der Waals surface area (Å²) >= 11 is 0. The van der Waals surface area contributed by atoms with E-state index in [-0.39, 0.29) is 6.42 Å². The summed E-state index contributed by atoms with van der Waals surface area (Å²) in [6.07, 6.45) is 12.0. The molecular formula is C14H28F2. The largest absolute Gasteiger partial charge is 0.245 e. The Kier molecular flexibility index (Phi) is 9.95. The molecule has 0 nitrogen and oxygen atoms in total. The van der Waals surface area contributed by atoms with E-state index in [1.807, 2.05) is 0 Å². The van der Waals surface area contributed by atoms with E-state index in [0.717, 1.165) is 19.8 Å². The summed E-state index contributed by atoms with van der Waals surface area (Å²) in [6, 6.07) is 0. The Balaban J connectivity index is 2.99. The molecule has 0 atom stereocenters. The van der Waals surface area contributed by atoms with E-state index in [1.54, 1.807) is 0 Å². The van der Waals surface area contributed by atoms with Crippen LogP contribution in [0.2, 0.25) is 0 Å². The molecule has 0 spiro atoms. The van der Waals surface area contributed by atoms with Crippen molar-refractivity contribution in [3.05, 3.63) is 0 Å². The van der Waals surface area contributed by atoms with E-state index >= 15 is 0 Å². The van der Waals surface area contributed by atoms with Crippen molar-refractivity contribution < 1.29 is 8.78 Å². The SMILES string of the molecule is CCCCCCCCCCCCC(C)(F)F. The van der Waals surface area contributed by atoms with Crippen LogP contribution in [0.4, 0.5) is 8.78 Å². The van der Waals surface area contributed by atoms with Crippen molar-refractivity contribution in [3.63, 3.8) is 0 Å². The summed E-state index contributed by atoms with van der Waals surface area (Å²) in [5, 5.41) is 0. The molecule has 0 fully saturated rings. The smallest absolute Gasteiger partial charge is 0.207 e. The van der Waals surface area contributed by atoms with Gasteiger partial charge in [0.1, 0.15) is 0 Å². The van der Waals surface area contributed by atoms with Crippen LogP contribution in [0.5, 0.6) is 0 Å². The summed E-state index contributed by atoms with van der Waals surface area (Å²) in [4.78, 5) is 0. The fourth-order valence-electron chi connectivity index (χ4n) is 1.92. The van der Waals surface area contributed by atoms with E-state index in [1.165, 1.54) is 44.9 Å². The average Bonchev–Trinajstić information content (AvgIpc) is 2.19. The van der Waals surface area contributed by atoms with Crippen LogP contribution in [-0.4, -0.2) is 5.92 Å². The standard InChI is InChI=1S/C14H28F2/c1-3-4-5-6-7-8-9-10-11-12-13-14(2,15)16/h3-13H2,1-2H3. The predicted octanol–water partition coefficient (Wildman–Crippen LogP) is 5.95. The van der Waals surface area contributed by atoms with Gasteiger partial charge in [-0.15, -0.1) is 0 Å². The first-order chi connectivity index (χ1) is 7.56. The highest BCUT2D eigenvalue weighted by molar-refractivity contribution is 4.57. The Morgan fingerprint density at radius 1 is 0.688 bits per heavy atom. The summed E-state index contributed by atoms with van der Waals surface area (Å²) in [6.45, 7) is 3.24. The monoisotopic (exact) mass is 234 g/mol. The highest BCUT2D eigenvalue weighted by atomic mass is 19.3. The quantitative estimate of drug-likeness (QED) is 0.387. The number of hydrogen-bond donors (Lipinski definition) is 0. The van der Waals surface area contributed by atoms with Gasteiger partial charge < -0.3 is 0 Å². The number of hydrogen-bond acceptors (Lipinski definition) is 0. The van der Waals surface area contributed by atoms with Crippen molar-refractivity contribution in [1.29, 1.82) is 0 Å². The molecule has 2 heteroatoms. The van der Waals surface area contributed by atoms with Gasteiger partial charge >= 0.3 is 0 Å². The van der Waals surface area contributed by atoms with Gasteiger partial charge in [0.25, 0.3) is 0 Å². The van der Waals surface area contributed by atoms with Crippen molar-refractivity contribution in [1.82, 2.24) is 0 Å². The zero-order valence-electron chi connectivity index (χ0n) is 11.0. The molecule has 0 unspecified atom stereocenters. The van der Waals surface area contributed by atoms with Gasteiger partial charge in [0, 0.05) is 6.42 Å². The predicted molar refractivity (Wildman–Crippen MR) is 67.1 cm³/mol. The Bertz CT molecular complexity index is 138. The van der Waals surface area contributed by atoms with Crippen molar-refractivity contribution in [3.8, 4) is 0 Å². The first kappa shape index (κ1) is 15.9. The zero-order chi connectivity index (χ0) is 12.3. The van der Waals surface area contributed by atoms with Crippen LogP contribution in [0.25, 0.3) is 0 Å². The molecule has 0 rings (SSSR count). The molecule has 0 aliphatic carbocycles. The Morgan fingerprint density at radius 2 is 1.06 bits per heavy atom. The fourth-order valence-corrected chi connectivity index (χ4v) is 1.92. The highest BCUT2D eigenvalue weighted by Crippen LogP contribution is 2.21. The molecule has 16 heavy (non-hydrogen) atoms. The second-order valence-electron chi connectivity index (χ2n) is 5.00. The molecule has 0 aromatic heterocycles. The van der Waals surface area contributed by atoms with E-state index in [0.29, 0.717) is 6.42 Å². The minimum atomic E-state index is -2.46. The van der Waals surface area contributed by atoms with Gasteiger partial charge in [-0.3, -0.25) is 0 Å². The van der Waals surface area contributed by atoms with Crippen molar-refractivity contribution in [2.45, 2.75) is 90.4 Å². The lowest BCUT2D eigenvalue weighted by molar-refractivity contribution is 0.0103. The van der Waals surface area contributed by atoms with Crippen LogP contribution in [-0.2, 0) is 0 Å².